The van der Waals surface area contributed by atoms with Gasteiger partial charge in [-0.25, -0.2) is 0 Å². The monoisotopic (exact) mass is 255 g/mol. The molecular formula is C13H21NO4. The fourth-order valence-electron chi connectivity index (χ4n) is 1.84. The topological polar surface area (TPSA) is 49.0 Å². The highest BCUT2D eigenvalue weighted by molar-refractivity contribution is 5.40. The first-order valence-electron chi connectivity index (χ1n) is 5.66. The molecule has 0 aliphatic carbocycles. The summed E-state index contributed by atoms with van der Waals surface area (Å²) in [6, 6.07) is 5.57. The van der Waals surface area contributed by atoms with E-state index in [0.717, 1.165) is 17.1 Å². The van der Waals surface area contributed by atoms with Crippen molar-refractivity contribution in [2.45, 2.75) is 12.3 Å². The van der Waals surface area contributed by atoms with Gasteiger partial charge in [-0.1, -0.05) is 0 Å². The normalized spacial score (nSPS) is 12.6. The van der Waals surface area contributed by atoms with Crippen molar-refractivity contribution in [2.24, 2.45) is 0 Å². The molecule has 0 fully saturated rings. The van der Waals surface area contributed by atoms with E-state index in [1.54, 1.807) is 28.4 Å². The summed E-state index contributed by atoms with van der Waals surface area (Å²) in [5, 5.41) is 3.16. The lowest BCUT2D eigenvalue weighted by Crippen LogP contribution is -2.32. The van der Waals surface area contributed by atoms with Crippen LogP contribution in [0.3, 0.4) is 0 Å². The first kappa shape index (κ1) is 14.8. The highest BCUT2D eigenvalue weighted by atomic mass is 16.7. The Balaban J connectivity index is 3.11. The SMILES string of the molecule is CNC(c1cc(OC)cc(OC)c1)C(OC)OC. The number of likely N-dealkylation sites (N-methyl/N-ethyl adjacent to an activating group) is 1. The van der Waals surface area contributed by atoms with E-state index < -0.39 is 0 Å². The van der Waals surface area contributed by atoms with E-state index in [1.807, 2.05) is 25.2 Å². The molecular weight excluding hydrogens is 234 g/mol. The minimum Gasteiger partial charge on any atom is -0.497 e. The van der Waals surface area contributed by atoms with Crippen LogP contribution in [0.1, 0.15) is 11.6 Å². The maximum absolute atomic E-state index is 5.29. The van der Waals surface area contributed by atoms with Gasteiger partial charge in [0.1, 0.15) is 11.5 Å². The van der Waals surface area contributed by atoms with Crippen LogP contribution >= 0.6 is 0 Å². The van der Waals surface area contributed by atoms with Gasteiger partial charge < -0.3 is 24.3 Å². The molecule has 5 nitrogen and oxygen atoms in total. The predicted molar refractivity (Wildman–Crippen MR) is 69.2 cm³/mol. The summed E-state index contributed by atoms with van der Waals surface area (Å²) in [7, 11) is 8.31. The molecule has 102 valence electrons. The molecule has 0 saturated heterocycles. The van der Waals surface area contributed by atoms with Crippen LogP contribution in [0.5, 0.6) is 11.5 Å². The average molecular weight is 255 g/mol. The molecule has 0 heterocycles. The Morgan fingerprint density at radius 2 is 1.39 bits per heavy atom. The van der Waals surface area contributed by atoms with Crippen LogP contribution in [0.4, 0.5) is 0 Å². The molecule has 1 aromatic rings. The van der Waals surface area contributed by atoms with Crippen molar-refractivity contribution < 1.29 is 18.9 Å². The summed E-state index contributed by atoms with van der Waals surface area (Å²) >= 11 is 0. The summed E-state index contributed by atoms with van der Waals surface area (Å²) in [5.41, 5.74) is 0.974. The number of hydrogen-bond donors (Lipinski definition) is 1. The maximum Gasteiger partial charge on any atom is 0.176 e. The third kappa shape index (κ3) is 3.35. The number of nitrogens with one attached hydrogen (secondary N) is 1. The van der Waals surface area contributed by atoms with E-state index in [9.17, 15) is 0 Å². The van der Waals surface area contributed by atoms with Crippen molar-refractivity contribution in [1.29, 1.82) is 0 Å². The third-order valence-corrected chi connectivity index (χ3v) is 2.78. The molecule has 1 atom stereocenters. The van der Waals surface area contributed by atoms with Crippen molar-refractivity contribution in [3.8, 4) is 11.5 Å². The molecule has 0 aliphatic rings. The quantitative estimate of drug-likeness (QED) is 0.750. The second-order valence-corrected chi connectivity index (χ2v) is 3.75. The van der Waals surface area contributed by atoms with E-state index >= 15 is 0 Å². The summed E-state index contributed by atoms with van der Waals surface area (Å²) in [5.74, 6) is 1.46. The lowest BCUT2D eigenvalue weighted by Gasteiger charge is -2.25. The smallest absolute Gasteiger partial charge is 0.176 e. The Bertz CT molecular complexity index is 344. The van der Waals surface area contributed by atoms with Gasteiger partial charge in [-0.15, -0.1) is 0 Å². The highest BCUT2D eigenvalue weighted by Crippen LogP contribution is 2.28. The largest absolute Gasteiger partial charge is 0.497 e. The fraction of sp³-hybridized carbons (Fsp3) is 0.538. The van der Waals surface area contributed by atoms with Crippen molar-refractivity contribution in [3.63, 3.8) is 0 Å². The van der Waals surface area contributed by atoms with Gasteiger partial charge in [0.05, 0.1) is 20.3 Å². The first-order valence-corrected chi connectivity index (χ1v) is 5.66. The zero-order valence-corrected chi connectivity index (χ0v) is 11.5. The van der Waals surface area contributed by atoms with Gasteiger partial charge in [-0.2, -0.15) is 0 Å². The molecule has 0 aliphatic heterocycles. The maximum atomic E-state index is 5.29. The van der Waals surface area contributed by atoms with Crippen LogP contribution in [0.25, 0.3) is 0 Å². The zero-order valence-electron chi connectivity index (χ0n) is 11.5. The summed E-state index contributed by atoms with van der Waals surface area (Å²) < 4.78 is 21.1. The van der Waals surface area contributed by atoms with Gasteiger partial charge in [0, 0.05) is 20.3 Å². The van der Waals surface area contributed by atoms with Crippen LogP contribution < -0.4 is 14.8 Å². The molecule has 0 amide bonds. The van der Waals surface area contributed by atoms with Crippen LogP contribution in [-0.4, -0.2) is 41.8 Å². The summed E-state index contributed by atoms with van der Waals surface area (Å²) in [6.45, 7) is 0. The molecule has 0 radical (unpaired) electrons. The Hall–Kier alpha value is -1.30. The van der Waals surface area contributed by atoms with E-state index in [1.165, 1.54) is 0 Å². The standard InChI is InChI=1S/C13H21NO4/c1-14-12(13(17-4)18-5)9-6-10(15-2)8-11(7-9)16-3/h6-8,12-14H,1-5H3. The number of ether oxygens (including phenoxy) is 4. The Morgan fingerprint density at radius 3 is 1.72 bits per heavy atom. The molecule has 1 aromatic carbocycles. The molecule has 18 heavy (non-hydrogen) atoms. The number of benzene rings is 1. The molecule has 0 bridgehead atoms. The summed E-state index contributed by atoms with van der Waals surface area (Å²) in [4.78, 5) is 0. The van der Waals surface area contributed by atoms with Crippen molar-refractivity contribution in [1.82, 2.24) is 5.32 Å². The zero-order chi connectivity index (χ0) is 13.5. The number of rotatable bonds is 7. The third-order valence-electron chi connectivity index (χ3n) is 2.78. The van der Waals surface area contributed by atoms with Crippen LogP contribution in [0.15, 0.2) is 18.2 Å². The lowest BCUT2D eigenvalue weighted by atomic mass is 10.1. The molecule has 1 N–H and O–H groups in total. The molecule has 0 aromatic heterocycles. The van der Waals surface area contributed by atoms with Gasteiger partial charge in [0.2, 0.25) is 0 Å². The minimum atomic E-state index is -0.383. The van der Waals surface area contributed by atoms with E-state index in [-0.39, 0.29) is 12.3 Å². The average Bonchev–Trinajstić information content (AvgIpc) is 2.43. The second-order valence-electron chi connectivity index (χ2n) is 3.75. The Morgan fingerprint density at radius 1 is 0.889 bits per heavy atom. The Labute approximate surface area is 108 Å². The van der Waals surface area contributed by atoms with Crippen molar-refractivity contribution >= 4 is 0 Å². The van der Waals surface area contributed by atoms with Gasteiger partial charge >= 0.3 is 0 Å². The number of hydrogen-bond acceptors (Lipinski definition) is 5. The van der Waals surface area contributed by atoms with Gasteiger partial charge in [-0.3, -0.25) is 0 Å². The first-order chi connectivity index (χ1) is 8.69. The minimum absolute atomic E-state index is 0.107. The van der Waals surface area contributed by atoms with Crippen LogP contribution in [0.2, 0.25) is 0 Å². The van der Waals surface area contributed by atoms with E-state index in [2.05, 4.69) is 5.32 Å². The molecule has 1 unspecified atom stereocenters. The van der Waals surface area contributed by atoms with Crippen LogP contribution in [-0.2, 0) is 9.47 Å². The molecule has 0 saturated carbocycles. The fourth-order valence-corrected chi connectivity index (χ4v) is 1.84. The van der Waals surface area contributed by atoms with Crippen LogP contribution in [0, 0.1) is 0 Å². The highest BCUT2D eigenvalue weighted by Gasteiger charge is 2.22. The van der Waals surface area contributed by atoms with E-state index in [0.29, 0.717) is 0 Å². The van der Waals surface area contributed by atoms with Crippen molar-refractivity contribution in [2.75, 3.05) is 35.5 Å². The predicted octanol–water partition coefficient (Wildman–Crippen LogP) is 1.58. The second kappa shape index (κ2) is 7.20. The number of methoxy groups -OCH3 is 4. The molecule has 1 rings (SSSR count). The molecule has 0 spiro atoms. The molecule has 5 heteroatoms. The lowest BCUT2D eigenvalue weighted by molar-refractivity contribution is -0.123. The van der Waals surface area contributed by atoms with E-state index in [4.69, 9.17) is 18.9 Å². The Kier molecular flexibility index (Phi) is 5.91. The van der Waals surface area contributed by atoms with Gasteiger partial charge in [0.25, 0.3) is 0 Å². The van der Waals surface area contributed by atoms with Gasteiger partial charge in [-0.05, 0) is 24.7 Å². The van der Waals surface area contributed by atoms with Crippen molar-refractivity contribution in [3.05, 3.63) is 23.8 Å². The summed E-state index contributed by atoms with van der Waals surface area (Å²) in [6.07, 6.45) is -0.383. The van der Waals surface area contributed by atoms with Gasteiger partial charge in [0.15, 0.2) is 6.29 Å².